The van der Waals surface area contributed by atoms with E-state index in [4.69, 9.17) is 15.2 Å². The van der Waals surface area contributed by atoms with Crippen LogP contribution in [0.1, 0.15) is 103 Å². The average Bonchev–Trinajstić information content (AvgIpc) is 4.05. The number of nitrogens with two attached hydrogens (primary N) is 1. The van der Waals surface area contributed by atoms with Crippen LogP contribution in [0.25, 0.3) is 22.0 Å². The fourth-order valence-corrected chi connectivity index (χ4v) is 12.1. The molecule has 1 aromatic heterocycles. The number of imide groups is 1. The minimum Gasteiger partial charge on any atom is -0.494 e. The van der Waals surface area contributed by atoms with Crippen molar-refractivity contribution in [2.45, 2.75) is 88.7 Å². The maximum atomic E-state index is 16.3. The quantitative estimate of drug-likeness (QED) is 0.114. The van der Waals surface area contributed by atoms with Gasteiger partial charge >= 0.3 is 6.03 Å². The van der Waals surface area contributed by atoms with E-state index in [9.17, 15) is 19.2 Å². The van der Waals surface area contributed by atoms with E-state index < -0.39 is 35.1 Å². The molecule has 0 spiro atoms. The van der Waals surface area contributed by atoms with Gasteiger partial charge in [-0.05, 0) is 117 Å². The molecular formula is C54H62F2N8O6. The highest BCUT2D eigenvalue weighted by Gasteiger charge is 2.50. The lowest BCUT2D eigenvalue weighted by atomic mass is 9.76. The van der Waals surface area contributed by atoms with Crippen molar-refractivity contribution in [1.29, 1.82) is 0 Å². The molecule has 1 saturated carbocycles. The number of hydrogen-bond donors (Lipinski definition) is 3. The van der Waals surface area contributed by atoms with Gasteiger partial charge in [-0.15, -0.1) is 0 Å². The number of fused-ring (bicyclic) bond motifs is 2. The summed E-state index contributed by atoms with van der Waals surface area (Å²) in [5.41, 5.74) is 8.69. The Kier molecular flexibility index (Phi) is 12.9. The van der Waals surface area contributed by atoms with Crippen LogP contribution in [0.2, 0.25) is 0 Å². The van der Waals surface area contributed by atoms with Gasteiger partial charge in [0.1, 0.15) is 11.6 Å². The van der Waals surface area contributed by atoms with Crippen LogP contribution in [-0.2, 0) is 22.2 Å². The SMILES string of the molecule is COc1ccc(C(N)=O)c(-c2c(C)c(F)cc3c2C(C)C(CNC2CCC(C(=O)N4CCC(CN5CCC(c6ccc7c(N8CCC(=O)NC8=O)nn(C)c7c6)C5)CC4)CC2)(c2ccccc2)O3)c1F. The van der Waals surface area contributed by atoms with Crippen LogP contribution in [0.5, 0.6) is 11.5 Å². The van der Waals surface area contributed by atoms with Crippen LogP contribution in [0.3, 0.4) is 0 Å². The van der Waals surface area contributed by atoms with Gasteiger partial charge in [0.2, 0.25) is 17.7 Å². The van der Waals surface area contributed by atoms with Gasteiger partial charge in [-0.25, -0.2) is 13.6 Å². The lowest BCUT2D eigenvalue weighted by Gasteiger charge is -2.39. The first-order chi connectivity index (χ1) is 33.7. The summed E-state index contributed by atoms with van der Waals surface area (Å²) >= 11 is 0. The second kappa shape index (κ2) is 19.1. The van der Waals surface area contributed by atoms with Gasteiger partial charge in [-0.2, -0.15) is 5.10 Å². The maximum absolute atomic E-state index is 16.3. The Labute approximate surface area is 406 Å². The molecule has 3 atom stereocenters. The van der Waals surface area contributed by atoms with Crippen molar-refractivity contribution in [2.75, 3.05) is 57.8 Å². The summed E-state index contributed by atoms with van der Waals surface area (Å²) in [5.74, 6) is -0.999. The number of ether oxygens (including phenoxy) is 2. The van der Waals surface area contributed by atoms with Crippen molar-refractivity contribution in [3.8, 4) is 22.6 Å². The van der Waals surface area contributed by atoms with Crippen LogP contribution in [-0.4, -0.2) is 102 Å². The van der Waals surface area contributed by atoms with Crippen LogP contribution in [0.15, 0.2) is 66.7 Å². The third kappa shape index (κ3) is 8.56. The number of likely N-dealkylation sites (tertiary alicyclic amines) is 2. The standard InChI is InChI=1S/C54H62F2N8O6/c1-31-41(55)27-44-47(46(31)48-40(50(57)66)16-17-43(69-4)49(48)56)32(2)54(70-44,37-8-6-5-7-9-37)30-58-38-13-10-34(11-14-38)52(67)63-23-18-33(19-24-63)28-62-22-20-36(29-62)35-12-15-39-42(26-35)61(3)60-51(39)64-25-21-45(65)59-53(64)68/h5-9,12,15-17,26-27,32-34,36,38,58H,10-11,13-14,18-25,28-30H2,1-4H3,(H2,57,66)(H,59,65,68). The number of amides is 5. The van der Waals surface area contributed by atoms with Crippen molar-refractivity contribution < 1.29 is 37.4 Å². The van der Waals surface area contributed by atoms with Gasteiger partial charge in [0.25, 0.3) is 0 Å². The molecule has 5 heterocycles. The Morgan fingerprint density at radius 1 is 0.943 bits per heavy atom. The van der Waals surface area contributed by atoms with Crippen LogP contribution in [0.4, 0.5) is 19.4 Å². The van der Waals surface area contributed by atoms with Gasteiger partial charge in [-0.3, -0.25) is 29.3 Å². The zero-order valence-electron chi connectivity index (χ0n) is 40.4. The van der Waals surface area contributed by atoms with Gasteiger partial charge in [0.15, 0.2) is 23.0 Å². The number of piperidine rings is 1. The number of benzene rings is 4. The molecule has 4 aromatic carbocycles. The van der Waals surface area contributed by atoms with E-state index in [1.54, 1.807) is 11.8 Å². The molecule has 10 rings (SSSR count). The highest BCUT2D eigenvalue weighted by Crippen LogP contribution is 2.55. The highest BCUT2D eigenvalue weighted by molar-refractivity contribution is 6.09. The number of primary amides is 1. The van der Waals surface area contributed by atoms with Crippen molar-refractivity contribution in [2.24, 2.45) is 24.6 Å². The number of carbonyl (C=O) groups is 4. The Bertz CT molecular complexity index is 2860. The molecule has 4 N–H and O–H groups in total. The van der Waals surface area contributed by atoms with Crippen molar-refractivity contribution in [3.05, 3.63) is 106 Å². The first kappa shape index (κ1) is 47.3. The van der Waals surface area contributed by atoms with E-state index in [0.717, 1.165) is 94.1 Å². The number of methoxy groups -OCH3 is 1. The summed E-state index contributed by atoms with van der Waals surface area (Å²) in [6.45, 7) is 8.84. The molecule has 70 heavy (non-hydrogen) atoms. The van der Waals surface area contributed by atoms with Gasteiger partial charge in [-0.1, -0.05) is 43.3 Å². The number of nitrogens with zero attached hydrogens (tertiary/aromatic N) is 5. The van der Waals surface area contributed by atoms with E-state index in [1.807, 2.05) is 49.0 Å². The molecule has 1 aliphatic carbocycles. The van der Waals surface area contributed by atoms with Crippen molar-refractivity contribution >= 4 is 40.5 Å². The fraction of sp³-hybridized carbons (Fsp3) is 0.463. The molecule has 5 aliphatic rings. The lowest BCUT2D eigenvalue weighted by molar-refractivity contribution is -0.138. The van der Waals surface area contributed by atoms with E-state index in [1.165, 1.54) is 30.9 Å². The summed E-state index contributed by atoms with van der Waals surface area (Å²) in [6, 6.07) is 20.0. The molecule has 4 fully saturated rings. The average molecular weight is 957 g/mol. The molecule has 5 aromatic rings. The zero-order chi connectivity index (χ0) is 49.0. The monoisotopic (exact) mass is 956 g/mol. The number of urea groups is 1. The Balaban J connectivity index is 0.741. The van der Waals surface area contributed by atoms with Gasteiger partial charge in [0.05, 0.1) is 18.2 Å². The number of anilines is 1. The smallest absolute Gasteiger partial charge is 0.329 e. The summed E-state index contributed by atoms with van der Waals surface area (Å²) in [4.78, 5) is 57.2. The number of nitrogens with one attached hydrogen (secondary N) is 2. The molecule has 4 aliphatic heterocycles. The van der Waals surface area contributed by atoms with E-state index >= 15 is 8.78 Å². The van der Waals surface area contributed by atoms with Gasteiger partial charge in [0, 0.05) is 93.2 Å². The molecule has 0 bridgehead atoms. The molecule has 16 heteroatoms. The predicted octanol–water partition coefficient (Wildman–Crippen LogP) is 7.65. The van der Waals surface area contributed by atoms with E-state index in [0.29, 0.717) is 36.3 Å². The second-order valence-corrected chi connectivity index (χ2v) is 20.1. The summed E-state index contributed by atoms with van der Waals surface area (Å²) in [6.07, 6.45) is 6.49. The largest absolute Gasteiger partial charge is 0.494 e. The third-order valence-electron chi connectivity index (χ3n) is 16.1. The maximum Gasteiger partial charge on any atom is 0.329 e. The Morgan fingerprint density at radius 3 is 2.41 bits per heavy atom. The van der Waals surface area contributed by atoms with Crippen LogP contribution < -0.4 is 30.7 Å². The van der Waals surface area contributed by atoms with Crippen LogP contribution >= 0.6 is 0 Å². The topological polar surface area (TPSA) is 164 Å². The number of rotatable bonds is 12. The number of carbonyl (C=O) groups excluding carboxylic acids is 4. The molecule has 14 nitrogen and oxygen atoms in total. The first-order valence-electron chi connectivity index (χ1n) is 24.8. The molecule has 5 amide bonds. The minimum absolute atomic E-state index is 0.0253. The highest BCUT2D eigenvalue weighted by atomic mass is 19.1. The Morgan fingerprint density at radius 2 is 1.70 bits per heavy atom. The van der Waals surface area contributed by atoms with Crippen molar-refractivity contribution in [3.63, 3.8) is 0 Å². The predicted molar refractivity (Wildman–Crippen MR) is 262 cm³/mol. The minimum atomic E-state index is -1.01. The molecule has 368 valence electrons. The van der Waals surface area contributed by atoms with E-state index in [2.05, 4.69) is 43.7 Å². The normalized spacial score (nSPS) is 24.2. The number of aryl methyl sites for hydroxylation is 1. The van der Waals surface area contributed by atoms with Crippen molar-refractivity contribution in [1.82, 2.24) is 30.2 Å². The van der Waals surface area contributed by atoms with Crippen LogP contribution in [0, 0.1) is 30.4 Å². The number of hydrogen-bond acceptors (Lipinski definition) is 9. The summed E-state index contributed by atoms with van der Waals surface area (Å²) in [5, 5.41) is 11.7. The molecule has 3 saturated heterocycles. The van der Waals surface area contributed by atoms with E-state index in [-0.39, 0.29) is 63.9 Å². The lowest BCUT2D eigenvalue weighted by Crippen LogP contribution is -2.49. The molecule has 3 unspecified atom stereocenters. The fourth-order valence-electron chi connectivity index (χ4n) is 12.1. The number of aromatic nitrogens is 2. The summed E-state index contributed by atoms with van der Waals surface area (Å²) in [7, 11) is 3.23. The molecule has 0 radical (unpaired) electrons. The molecular weight excluding hydrogens is 895 g/mol. The second-order valence-electron chi connectivity index (χ2n) is 20.1. The first-order valence-corrected chi connectivity index (χ1v) is 24.8. The Hall–Kier alpha value is -6.39. The summed E-state index contributed by atoms with van der Waals surface area (Å²) < 4.78 is 46.2. The third-order valence-corrected chi connectivity index (χ3v) is 16.1. The zero-order valence-corrected chi connectivity index (χ0v) is 40.4. The van der Waals surface area contributed by atoms with Gasteiger partial charge < -0.3 is 30.3 Å². The number of halogens is 2.